The monoisotopic (exact) mass is 459 g/mol. The molecule has 0 spiro atoms. The average molecular weight is 460 g/mol. The summed E-state index contributed by atoms with van der Waals surface area (Å²) in [6, 6.07) is 7.85. The first-order valence-electron chi connectivity index (χ1n) is 9.91. The van der Waals surface area contributed by atoms with E-state index < -0.39 is 23.5 Å². The number of rotatable bonds is 7. The number of ether oxygens (including phenoxy) is 1. The lowest BCUT2D eigenvalue weighted by molar-refractivity contribution is -0.130. The first-order chi connectivity index (χ1) is 14.8. The molecule has 1 atom stereocenters. The minimum absolute atomic E-state index is 0.00431. The van der Waals surface area contributed by atoms with Gasteiger partial charge in [-0.15, -0.1) is 11.3 Å². The van der Waals surface area contributed by atoms with Crippen LogP contribution in [-0.2, 0) is 9.53 Å². The number of thiophene rings is 1. The zero-order valence-electron chi connectivity index (χ0n) is 17.3. The average Bonchev–Trinajstić information content (AvgIpc) is 3.39. The largest absolute Gasteiger partial charge is 0.503 e. The van der Waals surface area contributed by atoms with Gasteiger partial charge in [0, 0.05) is 21.8 Å². The van der Waals surface area contributed by atoms with Gasteiger partial charge >= 0.3 is 0 Å². The number of hydrogen-bond acceptors (Lipinski definition) is 6. The zero-order chi connectivity index (χ0) is 22.3. The molecule has 0 aliphatic carbocycles. The number of benzene rings is 1. The van der Waals surface area contributed by atoms with Crippen LogP contribution in [0.4, 0.5) is 0 Å². The van der Waals surface area contributed by atoms with E-state index >= 15 is 0 Å². The van der Waals surface area contributed by atoms with Crippen LogP contribution < -0.4 is 0 Å². The number of halogens is 1. The quantitative estimate of drug-likeness (QED) is 0.474. The lowest BCUT2D eigenvalue weighted by Crippen LogP contribution is -2.34. The number of furan rings is 1. The van der Waals surface area contributed by atoms with Crippen LogP contribution in [0, 0.1) is 6.92 Å². The highest BCUT2D eigenvalue weighted by Gasteiger charge is 2.45. The molecule has 2 aromatic heterocycles. The molecule has 0 radical (unpaired) electrons. The van der Waals surface area contributed by atoms with Crippen LogP contribution in [0.2, 0.25) is 5.02 Å². The molecule has 8 heteroatoms. The first kappa shape index (κ1) is 21.6. The number of carbonyl (C=O) groups excluding carboxylic acids is 2. The van der Waals surface area contributed by atoms with E-state index in [9.17, 15) is 14.7 Å². The Balaban J connectivity index is 1.74. The predicted octanol–water partition coefficient (Wildman–Crippen LogP) is 5.46. The molecular weight excluding hydrogens is 438 g/mol. The van der Waals surface area contributed by atoms with Gasteiger partial charge in [-0.25, -0.2) is 0 Å². The first-order valence-corrected chi connectivity index (χ1v) is 11.2. The van der Waals surface area contributed by atoms with Crippen molar-refractivity contribution in [3.63, 3.8) is 0 Å². The Morgan fingerprint density at radius 3 is 2.77 bits per heavy atom. The van der Waals surface area contributed by atoms with Crippen molar-refractivity contribution in [2.45, 2.75) is 32.9 Å². The summed E-state index contributed by atoms with van der Waals surface area (Å²) in [5.41, 5.74) is 1.46. The van der Waals surface area contributed by atoms with Gasteiger partial charge in [0.15, 0.2) is 11.5 Å². The van der Waals surface area contributed by atoms with E-state index in [-0.39, 0.29) is 24.0 Å². The number of aliphatic hydroxyl groups excluding tert-OH is 1. The summed E-state index contributed by atoms with van der Waals surface area (Å²) in [7, 11) is 0. The smallest absolute Gasteiger partial charge is 0.290 e. The van der Waals surface area contributed by atoms with Gasteiger partial charge in [0.1, 0.15) is 11.6 Å². The topological polar surface area (TPSA) is 80.0 Å². The molecule has 3 aromatic rings. The van der Waals surface area contributed by atoms with Crippen LogP contribution in [0.3, 0.4) is 0 Å². The highest BCUT2D eigenvalue weighted by molar-refractivity contribution is 7.10. The molecule has 4 rings (SSSR count). The Kier molecular flexibility index (Phi) is 5.92. The summed E-state index contributed by atoms with van der Waals surface area (Å²) in [5, 5.41) is 13.8. The molecule has 1 unspecified atom stereocenters. The third-order valence-corrected chi connectivity index (χ3v) is 6.49. The van der Waals surface area contributed by atoms with E-state index in [1.807, 2.05) is 32.2 Å². The summed E-state index contributed by atoms with van der Waals surface area (Å²) >= 11 is 7.47. The zero-order valence-corrected chi connectivity index (χ0v) is 18.9. The van der Waals surface area contributed by atoms with Gasteiger partial charge in [-0.1, -0.05) is 11.6 Å². The fraction of sp³-hybridized carbons (Fsp3) is 0.304. The van der Waals surface area contributed by atoms with E-state index in [2.05, 4.69) is 0 Å². The molecule has 1 aromatic carbocycles. The number of amides is 1. The summed E-state index contributed by atoms with van der Waals surface area (Å²) in [4.78, 5) is 28.7. The predicted molar refractivity (Wildman–Crippen MR) is 120 cm³/mol. The molecule has 1 aliphatic heterocycles. The highest BCUT2D eigenvalue weighted by atomic mass is 35.5. The van der Waals surface area contributed by atoms with Crippen molar-refractivity contribution in [2.75, 3.05) is 13.2 Å². The molecule has 0 bridgehead atoms. The van der Waals surface area contributed by atoms with E-state index in [0.717, 1.165) is 10.4 Å². The number of hydrogen-bond donors (Lipinski definition) is 1. The molecular formula is C23H22ClNO5S. The van der Waals surface area contributed by atoms with E-state index in [0.29, 0.717) is 22.6 Å². The maximum Gasteiger partial charge on any atom is 0.290 e. The lowest BCUT2D eigenvalue weighted by Gasteiger charge is -2.26. The molecule has 0 saturated carbocycles. The minimum Gasteiger partial charge on any atom is -0.503 e. The van der Waals surface area contributed by atoms with Crippen LogP contribution in [0.15, 0.2) is 51.5 Å². The standard InChI is InChI=1S/C23H22ClNO5S/c1-12(2)29-8-7-25-19(22-13(3)6-9-31-22)18(21(27)23(25)28)20(26)17-11-14-10-15(24)4-5-16(14)30-17/h4-6,9-12,19,27H,7-8H2,1-3H3. The number of carbonyl (C=O) groups is 2. The molecule has 162 valence electrons. The van der Waals surface area contributed by atoms with Crippen molar-refractivity contribution < 1.29 is 23.8 Å². The third-order valence-electron chi connectivity index (χ3n) is 5.18. The molecule has 1 N–H and O–H groups in total. The number of Topliss-reactive ketones (excluding diaryl/α,β-unsaturated/α-hetero) is 1. The molecule has 0 saturated heterocycles. The SMILES string of the molecule is Cc1ccsc1C1C(C(=O)c2cc3cc(Cl)ccc3o2)=C(O)C(=O)N1CCOC(C)C. The summed E-state index contributed by atoms with van der Waals surface area (Å²) < 4.78 is 11.3. The molecule has 3 heterocycles. The summed E-state index contributed by atoms with van der Waals surface area (Å²) in [6.07, 6.45) is 0.00431. The van der Waals surface area contributed by atoms with Crippen molar-refractivity contribution >= 4 is 45.6 Å². The van der Waals surface area contributed by atoms with Gasteiger partial charge < -0.3 is 19.2 Å². The Morgan fingerprint density at radius 1 is 1.32 bits per heavy atom. The molecule has 1 amide bonds. The van der Waals surface area contributed by atoms with Crippen LogP contribution in [-0.4, -0.2) is 41.0 Å². The van der Waals surface area contributed by atoms with Gasteiger partial charge in [0.25, 0.3) is 5.91 Å². The second-order valence-corrected chi connectivity index (χ2v) is 9.06. The third kappa shape index (κ3) is 4.01. The Labute approximate surface area is 188 Å². The van der Waals surface area contributed by atoms with Crippen LogP contribution in [0.25, 0.3) is 11.0 Å². The van der Waals surface area contributed by atoms with Crippen molar-refractivity contribution in [3.05, 3.63) is 68.3 Å². The summed E-state index contributed by atoms with van der Waals surface area (Å²) in [5.74, 6) is -1.62. The fourth-order valence-electron chi connectivity index (χ4n) is 3.70. The summed E-state index contributed by atoms with van der Waals surface area (Å²) in [6.45, 7) is 6.27. The Morgan fingerprint density at radius 2 is 2.10 bits per heavy atom. The van der Waals surface area contributed by atoms with E-state index in [1.165, 1.54) is 16.2 Å². The minimum atomic E-state index is -0.701. The van der Waals surface area contributed by atoms with Crippen LogP contribution in [0.5, 0.6) is 0 Å². The Hall–Kier alpha value is -2.61. The van der Waals surface area contributed by atoms with Crippen LogP contribution in [0.1, 0.15) is 40.9 Å². The second-order valence-electron chi connectivity index (χ2n) is 7.67. The maximum absolute atomic E-state index is 13.5. The van der Waals surface area contributed by atoms with Gasteiger partial charge in [-0.3, -0.25) is 9.59 Å². The van der Waals surface area contributed by atoms with Crippen molar-refractivity contribution in [2.24, 2.45) is 0 Å². The van der Waals surface area contributed by atoms with Crippen molar-refractivity contribution in [1.29, 1.82) is 0 Å². The highest BCUT2D eigenvalue weighted by Crippen LogP contribution is 2.42. The van der Waals surface area contributed by atoms with E-state index in [4.69, 9.17) is 20.8 Å². The number of nitrogens with zero attached hydrogens (tertiary/aromatic N) is 1. The van der Waals surface area contributed by atoms with Crippen molar-refractivity contribution in [3.8, 4) is 0 Å². The van der Waals surface area contributed by atoms with E-state index in [1.54, 1.807) is 24.3 Å². The maximum atomic E-state index is 13.5. The number of aliphatic hydroxyl groups is 1. The lowest BCUT2D eigenvalue weighted by atomic mass is 9.98. The second kappa shape index (κ2) is 8.49. The van der Waals surface area contributed by atoms with Gasteiger partial charge in [0.05, 0.1) is 18.3 Å². The van der Waals surface area contributed by atoms with Gasteiger partial charge in [-0.2, -0.15) is 0 Å². The molecule has 1 aliphatic rings. The Bertz CT molecular complexity index is 1190. The normalized spacial score (nSPS) is 16.9. The molecule has 31 heavy (non-hydrogen) atoms. The fourth-order valence-corrected chi connectivity index (χ4v) is 4.93. The number of aryl methyl sites for hydroxylation is 1. The van der Waals surface area contributed by atoms with Crippen molar-refractivity contribution in [1.82, 2.24) is 4.90 Å². The van der Waals surface area contributed by atoms with Gasteiger partial charge in [-0.05, 0) is 62.0 Å². The van der Waals surface area contributed by atoms with Crippen LogP contribution >= 0.6 is 22.9 Å². The number of ketones is 1. The number of fused-ring (bicyclic) bond motifs is 1. The van der Waals surface area contributed by atoms with Gasteiger partial charge in [0.2, 0.25) is 5.78 Å². The molecule has 6 nitrogen and oxygen atoms in total. The molecule has 0 fully saturated rings.